The Bertz CT molecular complexity index is 873. The number of esters is 1. The van der Waals surface area contributed by atoms with Crippen molar-refractivity contribution < 1.29 is 9.53 Å². The first-order valence-electron chi connectivity index (χ1n) is 7.89. The van der Waals surface area contributed by atoms with Crippen molar-refractivity contribution in [3.05, 3.63) is 70.9 Å². The third-order valence-electron chi connectivity index (χ3n) is 3.70. The molecule has 0 radical (unpaired) electrons. The average Bonchev–Trinajstić information content (AvgIpc) is 2.91. The van der Waals surface area contributed by atoms with Crippen molar-refractivity contribution >= 4 is 28.5 Å². The maximum Gasteiger partial charge on any atom is 0.339 e. The Morgan fingerprint density at radius 1 is 1.08 bits per heavy atom. The number of rotatable bonds is 3. The van der Waals surface area contributed by atoms with Gasteiger partial charge in [0.15, 0.2) is 0 Å². The van der Waals surface area contributed by atoms with Crippen LogP contribution in [0.1, 0.15) is 36.7 Å². The topological polar surface area (TPSA) is 31.2 Å². The number of carbonyl (C=O) groups is 1. The molecule has 0 fully saturated rings. The lowest BCUT2D eigenvalue weighted by Gasteiger charge is -2.19. The minimum Gasteiger partial charge on any atom is -0.456 e. The number of hydrogen-bond donors (Lipinski definition) is 0. The Hall–Kier alpha value is -2.26. The second kappa shape index (κ2) is 6.33. The van der Waals surface area contributed by atoms with Gasteiger partial charge in [-0.2, -0.15) is 0 Å². The highest BCUT2D eigenvalue weighted by atomic mass is 35.5. The first-order valence-corrected chi connectivity index (χ1v) is 8.27. The van der Waals surface area contributed by atoms with Crippen molar-refractivity contribution in [3.63, 3.8) is 0 Å². The highest BCUT2D eigenvalue weighted by Gasteiger charge is 2.20. The van der Waals surface area contributed by atoms with Gasteiger partial charge in [-0.3, -0.25) is 0 Å². The molecule has 24 heavy (non-hydrogen) atoms. The summed E-state index contributed by atoms with van der Waals surface area (Å²) in [5, 5.41) is 1.63. The molecule has 0 bridgehead atoms. The predicted octanol–water partition coefficient (Wildman–Crippen LogP) is 5.30. The molecule has 1 aromatic heterocycles. The summed E-state index contributed by atoms with van der Waals surface area (Å²) in [4.78, 5) is 12.4. The van der Waals surface area contributed by atoms with Gasteiger partial charge >= 0.3 is 5.97 Å². The summed E-state index contributed by atoms with van der Waals surface area (Å²) in [6.45, 7) is 6.34. The number of ether oxygens (including phenoxy) is 1. The molecule has 0 N–H and O–H groups in total. The van der Waals surface area contributed by atoms with Crippen LogP contribution in [0.15, 0.2) is 54.7 Å². The molecular formula is C20H20ClNO2. The van der Waals surface area contributed by atoms with Crippen molar-refractivity contribution in [2.24, 2.45) is 0 Å². The SMILES string of the molecule is CC(C)(C)OC(=O)c1cccc2c1ccn2Cc1ccc(Cl)cc1. The second-order valence-corrected chi connectivity index (χ2v) is 7.25. The van der Waals surface area contributed by atoms with Crippen LogP contribution in [-0.4, -0.2) is 16.1 Å². The minimum absolute atomic E-state index is 0.294. The molecule has 0 amide bonds. The molecule has 3 nitrogen and oxygen atoms in total. The van der Waals surface area contributed by atoms with E-state index in [-0.39, 0.29) is 5.97 Å². The molecular weight excluding hydrogens is 322 g/mol. The minimum atomic E-state index is -0.509. The molecule has 0 spiro atoms. The molecule has 0 aliphatic rings. The summed E-state index contributed by atoms with van der Waals surface area (Å²) in [6.07, 6.45) is 1.99. The fraction of sp³-hybridized carbons (Fsp3) is 0.250. The van der Waals surface area contributed by atoms with E-state index in [1.165, 1.54) is 0 Å². The Morgan fingerprint density at radius 2 is 1.79 bits per heavy atom. The quantitative estimate of drug-likeness (QED) is 0.605. The largest absolute Gasteiger partial charge is 0.456 e. The third-order valence-corrected chi connectivity index (χ3v) is 3.95. The number of aromatic nitrogens is 1. The summed E-state index contributed by atoms with van der Waals surface area (Å²) in [5.74, 6) is -0.294. The monoisotopic (exact) mass is 341 g/mol. The standard InChI is InChI=1S/C20H20ClNO2/c1-20(2,3)24-19(23)17-5-4-6-18-16(17)11-12-22(18)13-14-7-9-15(21)10-8-14/h4-12H,13H2,1-3H3. The average molecular weight is 342 g/mol. The molecule has 3 aromatic rings. The number of fused-ring (bicyclic) bond motifs is 1. The predicted molar refractivity (Wildman–Crippen MR) is 97.7 cm³/mol. The van der Waals surface area contributed by atoms with Gasteiger partial charge < -0.3 is 9.30 Å². The van der Waals surface area contributed by atoms with E-state index in [1.807, 2.05) is 75.5 Å². The van der Waals surface area contributed by atoms with Gasteiger partial charge in [-0.15, -0.1) is 0 Å². The van der Waals surface area contributed by atoms with Crippen molar-refractivity contribution in [1.82, 2.24) is 4.57 Å². The zero-order valence-electron chi connectivity index (χ0n) is 14.0. The van der Waals surface area contributed by atoms with Gasteiger partial charge in [0.2, 0.25) is 0 Å². The summed E-state index contributed by atoms with van der Waals surface area (Å²) in [5.41, 5.74) is 2.25. The summed E-state index contributed by atoms with van der Waals surface area (Å²) in [6, 6.07) is 15.5. The van der Waals surface area contributed by atoms with Gasteiger partial charge in [0.05, 0.1) is 5.56 Å². The van der Waals surface area contributed by atoms with Gasteiger partial charge in [-0.1, -0.05) is 29.8 Å². The number of halogens is 1. The van der Waals surface area contributed by atoms with Crippen LogP contribution in [0.2, 0.25) is 5.02 Å². The Balaban J connectivity index is 1.94. The summed E-state index contributed by atoms with van der Waals surface area (Å²) >= 11 is 5.94. The van der Waals surface area contributed by atoms with Crippen LogP contribution in [0.3, 0.4) is 0 Å². The number of hydrogen-bond acceptors (Lipinski definition) is 2. The summed E-state index contributed by atoms with van der Waals surface area (Å²) in [7, 11) is 0. The van der Waals surface area contributed by atoms with Gasteiger partial charge in [0, 0.05) is 28.7 Å². The Labute approximate surface area is 146 Å². The fourth-order valence-corrected chi connectivity index (χ4v) is 2.78. The van der Waals surface area contributed by atoms with E-state index < -0.39 is 5.60 Å². The zero-order valence-corrected chi connectivity index (χ0v) is 14.8. The molecule has 0 aliphatic heterocycles. The van der Waals surface area contributed by atoms with Crippen LogP contribution in [-0.2, 0) is 11.3 Å². The number of nitrogens with zero attached hydrogens (tertiary/aromatic N) is 1. The first-order chi connectivity index (χ1) is 11.3. The smallest absolute Gasteiger partial charge is 0.339 e. The highest BCUT2D eigenvalue weighted by molar-refractivity contribution is 6.30. The van der Waals surface area contributed by atoms with Gasteiger partial charge in [0.25, 0.3) is 0 Å². The van der Waals surface area contributed by atoms with Crippen molar-refractivity contribution in [2.75, 3.05) is 0 Å². The van der Waals surface area contributed by atoms with E-state index >= 15 is 0 Å². The number of carbonyl (C=O) groups excluding carboxylic acids is 1. The molecule has 4 heteroatoms. The van der Waals surface area contributed by atoms with Crippen LogP contribution in [0.4, 0.5) is 0 Å². The molecule has 2 aromatic carbocycles. The Morgan fingerprint density at radius 3 is 2.46 bits per heavy atom. The lowest BCUT2D eigenvalue weighted by molar-refractivity contribution is 0.00719. The molecule has 3 rings (SSSR count). The van der Waals surface area contributed by atoms with Gasteiger partial charge in [0.1, 0.15) is 5.60 Å². The third kappa shape index (κ3) is 3.62. The maximum absolute atomic E-state index is 12.4. The van der Waals surface area contributed by atoms with E-state index in [9.17, 15) is 4.79 Å². The van der Waals surface area contributed by atoms with Crippen molar-refractivity contribution in [3.8, 4) is 0 Å². The molecule has 0 unspecified atom stereocenters. The van der Waals surface area contributed by atoms with Crippen LogP contribution < -0.4 is 0 Å². The lowest BCUT2D eigenvalue weighted by atomic mass is 10.1. The molecule has 0 atom stereocenters. The van der Waals surface area contributed by atoms with E-state index in [0.717, 1.165) is 28.0 Å². The molecule has 0 saturated carbocycles. The van der Waals surface area contributed by atoms with E-state index in [2.05, 4.69) is 4.57 Å². The zero-order chi connectivity index (χ0) is 17.3. The van der Waals surface area contributed by atoms with E-state index in [0.29, 0.717) is 5.56 Å². The van der Waals surface area contributed by atoms with Crippen LogP contribution >= 0.6 is 11.6 Å². The normalized spacial score (nSPS) is 11.7. The van der Waals surface area contributed by atoms with Crippen LogP contribution in [0.25, 0.3) is 10.9 Å². The van der Waals surface area contributed by atoms with E-state index in [4.69, 9.17) is 16.3 Å². The van der Waals surface area contributed by atoms with Gasteiger partial charge in [-0.25, -0.2) is 4.79 Å². The highest BCUT2D eigenvalue weighted by Crippen LogP contribution is 2.24. The van der Waals surface area contributed by atoms with Crippen molar-refractivity contribution in [1.29, 1.82) is 0 Å². The second-order valence-electron chi connectivity index (χ2n) is 6.81. The molecule has 1 heterocycles. The molecule has 0 aliphatic carbocycles. The summed E-state index contributed by atoms with van der Waals surface area (Å²) < 4.78 is 7.63. The number of benzene rings is 2. The maximum atomic E-state index is 12.4. The van der Waals surface area contributed by atoms with Gasteiger partial charge in [-0.05, 0) is 56.7 Å². The molecule has 124 valence electrons. The lowest BCUT2D eigenvalue weighted by Crippen LogP contribution is -2.23. The fourth-order valence-electron chi connectivity index (χ4n) is 2.66. The van der Waals surface area contributed by atoms with E-state index in [1.54, 1.807) is 0 Å². The molecule has 0 saturated heterocycles. The first kappa shape index (κ1) is 16.6. The van der Waals surface area contributed by atoms with Crippen molar-refractivity contribution in [2.45, 2.75) is 32.9 Å². The van der Waals surface area contributed by atoms with Crippen LogP contribution in [0.5, 0.6) is 0 Å². The van der Waals surface area contributed by atoms with Crippen LogP contribution in [0, 0.1) is 0 Å². The Kier molecular flexibility index (Phi) is 4.37.